The van der Waals surface area contributed by atoms with Gasteiger partial charge in [-0.2, -0.15) is 0 Å². The van der Waals surface area contributed by atoms with E-state index in [1.807, 2.05) is 0 Å². The zero-order chi connectivity index (χ0) is 13.1. The second-order valence-corrected chi connectivity index (χ2v) is 5.13. The summed E-state index contributed by atoms with van der Waals surface area (Å²) >= 11 is 0. The summed E-state index contributed by atoms with van der Waals surface area (Å²) in [5.41, 5.74) is 2.74. The zero-order valence-corrected chi connectivity index (χ0v) is 11.1. The minimum Gasteiger partial charge on any atom is -0.384 e. The fourth-order valence-electron chi connectivity index (χ4n) is 2.72. The Hall–Kier alpha value is -1.35. The Labute approximate surface area is 108 Å². The van der Waals surface area contributed by atoms with Crippen LogP contribution in [0.1, 0.15) is 36.8 Å². The van der Waals surface area contributed by atoms with Crippen LogP contribution in [0.25, 0.3) is 0 Å². The van der Waals surface area contributed by atoms with Gasteiger partial charge in [0.05, 0.1) is 0 Å². The molecule has 1 aliphatic heterocycles. The number of likely N-dealkylation sites (tertiary alicyclic amines) is 1. The van der Waals surface area contributed by atoms with E-state index >= 15 is 0 Å². The van der Waals surface area contributed by atoms with E-state index in [1.165, 1.54) is 18.1 Å². The molecule has 0 aliphatic carbocycles. The van der Waals surface area contributed by atoms with Crippen LogP contribution in [0.5, 0.6) is 0 Å². The summed E-state index contributed by atoms with van der Waals surface area (Å²) in [6.07, 6.45) is 1.10. The lowest BCUT2D eigenvalue weighted by Crippen LogP contribution is -2.42. The van der Waals surface area contributed by atoms with Gasteiger partial charge in [0.25, 0.3) is 5.91 Å². The van der Waals surface area contributed by atoms with Crippen LogP contribution in [0.3, 0.4) is 0 Å². The molecule has 0 radical (unpaired) electrons. The van der Waals surface area contributed by atoms with Gasteiger partial charge in [0.15, 0.2) is 0 Å². The van der Waals surface area contributed by atoms with Gasteiger partial charge in [-0.25, -0.2) is 0 Å². The average molecular weight is 247 g/mol. The van der Waals surface area contributed by atoms with Gasteiger partial charge in [-0.05, 0) is 43.7 Å². The van der Waals surface area contributed by atoms with Crippen LogP contribution in [-0.2, 0) is 4.79 Å². The number of piperidine rings is 1. The van der Waals surface area contributed by atoms with Crippen LogP contribution in [0.4, 0.5) is 0 Å². The molecular weight excluding hydrogens is 226 g/mol. The first kappa shape index (κ1) is 13.1. The minimum atomic E-state index is -0.875. The fourth-order valence-corrected chi connectivity index (χ4v) is 2.72. The molecule has 1 amide bonds. The van der Waals surface area contributed by atoms with Gasteiger partial charge in [0.2, 0.25) is 0 Å². The normalized spacial score (nSPS) is 18.7. The number of aliphatic hydroxyl groups excluding tert-OH is 1. The summed E-state index contributed by atoms with van der Waals surface area (Å²) in [5.74, 6) is 0.405. The van der Waals surface area contributed by atoms with Crippen molar-refractivity contribution < 1.29 is 9.90 Å². The van der Waals surface area contributed by atoms with Crippen molar-refractivity contribution >= 4 is 5.91 Å². The summed E-state index contributed by atoms with van der Waals surface area (Å²) in [5, 5.41) is 9.31. The smallest absolute Gasteiger partial charge is 0.251 e. The third-order valence-corrected chi connectivity index (χ3v) is 3.79. The van der Waals surface area contributed by atoms with Gasteiger partial charge >= 0.3 is 0 Å². The SMILES string of the molecule is Cc1ccccc1C1CCN(C(=O)[C@H](C)O)CC1. The second-order valence-electron chi connectivity index (χ2n) is 5.13. The molecule has 98 valence electrons. The maximum atomic E-state index is 11.7. The van der Waals surface area contributed by atoms with Crippen molar-refractivity contribution in [3.63, 3.8) is 0 Å². The molecule has 1 heterocycles. The Balaban J connectivity index is 1.99. The fraction of sp³-hybridized carbons (Fsp3) is 0.533. The molecule has 1 aromatic carbocycles. The van der Waals surface area contributed by atoms with Gasteiger partial charge in [-0.3, -0.25) is 4.79 Å². The first-order chi connectivity index (χ1) is 8.59. The van der Waals surface area contributed by atoms with Crippen molar-refractivity contribution in [3.05, 3.63) is 35.4 Å². The van der Waals surface area contributed by atoms with Crippen LogP contribution >= 0.6 is 0 Å². The second kappa shape index (κ2) is 5.53. The molecular formula is C15H21NO2. The van der Waals surface area contributed by atoms with E-state index in [4.69, 9.17) is 0 Å². The molecule has 0 unspecified atom stereocenters. The van der Waals surface area contributed by atoms with Crippen LogP contribution in [-0.4, -0.2) is 35.1 Å². The molecule has 0 spiro atoms. The van der Waals surface area contributed by atoms with Crippen molar-refractivity contribution in [1.29, 1.82) is 0 Å². The largest absolute Gasteiger partial charge is 0.384 e. The number of carbonyl (C=O) groups is 1. The van der Waals surface area contributed by atoms with E-state index in [0.29, 0.717) is 5.92 Å². The summed E-state index contributed by atoms with van der Waals surface area (Å²) in [6, 6.07) is 8.47. The quantitative estimate of drug-likeness (QED) is 0.869. The molecule has 1 fully saturated rings. The molecule has 1 saturated heterocycles. The van der Waals surface area contributed by atoms with Gasteiger partial charge in [-0.15, -0.1) is 0 Å². The topological polar surface area (TPSA) is 40.5 Å². The maximum absolute atomic E-state index is 11.7. The van der Waals surface area contributed by atoms with E-state index in [9.17, 15) is 9.90 Å². The number of aliphatic hydroxyl groups is 1. The van der Waals surface area contributed by atoms with Crippen LogP contribution in [0, 0.1) is 6.92 Å². The summed E-state index contributed by atoms with van der Waals surface area (Å²) < 4.78 is 0. The van der Waals surface area contributed by atoms with Gasteiger partial charge in [0.1, 0.15) is 6.10 Å². The predicted molar refractivity (Wildman–Crippen MR) is 71.4 cm³/mol. The number of hydrogen-bond acceptors (Lipinski definition) is 2. The highest BCUT2D eigenvalue weighted by Gasteiger charge is 2.26. The average Bonchev–Trinajstić information content (AvgIpc) is 2.38. The first-order valence-electron chi connectivity index (χ1n) is 6.62. The Morgan fingerprint density at radius 1 is 1.33 bits per heavy atom. The molecule has 0 bridgehead atoms. The number of aryl methyl sites for hydroxylation is 1. The summed E-state index contributed by atoms with van der Waals surface area (Å²) in [7, 11) is 0. The van der Waals surface area contributed by atoms with E-state index in [0.717, 1.165) is 25.9 Å². The van der Waals surface area contributed by atoms with Gasteiger partial charge < -0.3 is 10.0 Å². The summed E-state index contributed by atoms with van der Waals surface area (Å²) in [6.45, 7) is 5.18. The van der Waals surface area contributed by atoms with Crippen molar-refractivity contribution in [1.82, 2.24) is 4.90 Å². The number of carbonyl (C=O) groups excluding carboxylic acids is 1. The van der Waals surface area contributed by atoms with E-state index < -0.39 is 6.10 Å². The predicted octanol–water partition coefficient (Wildman–Crippen LogP) is 2.08. The van der Waals surface area contributed by atoms with Crippen LogP contribution in [0.2, 0.25) is 0 Å². The lowest BCUT2D eigenvalue weighted by molar-refractivity contribution is -0.140. The number of amides is 1. The van der Waals surface area contributed by atoms with Crippen LogP contribution < -0.4 is 0 Å². The molecule has 1 N–H and O–H groups in total. The number of benzene rings is 1. The number of hydrogen-bond donors (Lipinski definition) is 1. The molecule has 3 heteroatoms. The molecule has 0 saturated carbocycles. The zero-order valence-electron chi connectivity index (χ0n) is 11.1. The standard InChI is InChI=1S/C15H21NO2/c1-11-5-3-4-6-14(11)13-7-9-16(10-8-13)15(18)12(2)17/h3-6,12-13,17H,7-10H2,1-2H3/t12-/m0/s1. The minimum absolute atomic E-state index is 0.141. The maximum Gasteiger partial charge on any atom is 0.251 e. The van der Waals surface area contributed by atoms with Crippen molar-refractivity contribution in [3.8, 4) is 0 Å². The molecule has 0 aromatic heterocycles. The summed E-state index contributed by atoms with van der Waals surface area (Å²) in [4.78, 5) is 13.5. The Morgan fingerprint density at radius 2 is 1.94 bits per heavy atom. The lowest BCUT2D eigenvalue weighted by Gasteiger charge is -2.33. The third-order valence-electron chi connectivity index (χ3n) is 3.79. The Kier molecular flexibility index (Phi) is 4.02. The lowest BCUT2D eigenvalue weighted by atomic mass is 9.87. The van der Waals surface area contributed by atoms with Gasteiger partial charge in [0, 0.05) is 13.1 Å². The highest BCUT2D eigenvalue weighted by Crippen LogP contribution is 2.30. The van der Waals surface area contributed by atoms with Gasteiger partial charge in [-0.1, -0.05) is 24.3 Å². The molecule has 1 atom stereocenters. The molecule has 18 heavy (non-hydrogen) atoms. The van der Waals surface area contributed by atoms with Crippen molar-refractivity contribution in [2.24, 2.45) is 0 Å². The van der Waals surface area contributed by atoms with E-state index in [1.54, 1.807) is 4.90 Å². The first-order valence-corrected chi connectivity index (χ1v) is 6.62. The van der Waals surface area contributed by atoms with E-state index in [-0.39, 0.29) is 5.91 Å². The molecule has 1 aromatic rings. The van der Waals surface area contributed by atoms with Crippen molar-refractivity contribution in [2.45, 2.75) is 38.7 Å². The molecule has 2 rings (SSSR count). The molecule has 3 nitrogen and oxygen atoms in total. The number of nitrogens with zero attached hydrogens (tertiary/aromatic N) is 1. The van der Waals surface area contributed by atoms with Crippen LogP contribution in [0.15, 0.2) is 24.3 Å². The van der Waals surface area contributed by atoms with E-state index in [2.05, 4.69) is 31.2 Å². The highest BCUT2D eigenvalue weighted by molar-refractivity contribution is 5.80. The highest BCUT2D eigenvalue weighted by atomic mass is 16.3. The Morgan fingerprint density at radius 3 is 2.50 bits per heavy atom. The Bertz CT molecular complexity index is 420. The number of rotatable bonds is 2. The monoisotopic (exact) mass is 247 g/mol. The van der Waals surface area contributed by atoms with Crippen molar-refractivity contribution in [2.75, 3.05) is 13.1 Å². The third kappa shape index (κ3) is 2.72. The molecule has 1 aliphatic rings.